The van der Waals surface area contributed by atoms with Gasteiger partial charge < -0.3 is 9.64 Å². The first kappa shape index (κ1) is 11.8. The summed E-state index contributed by atoms with van der Waals surface area (Å²) in [7, 11) is 0. The van der Waals surface area contributed by atoms with Crippen LogP contribution in [-0.2, 0) is 9.53 Å². The number of alkyl halides is 1. The monoisotopic (exact) mass is 260 g/mol. The predicted molar refractivity (Wildman–Crippen MR) is 62.8 cm³/mol. The fourth-order valence-corrected chi connectivity index (χ4v) is 2.64. The number of nitrogens with zero attached hydrogens (tertiary/aromatic N) is 2. The third kappa shape index (κ3) is 2.53. The zero-order valence-corrected chi connectivity index (χ0v) is 10.6. The van der Waals surface area contributed by atoms with Gasteiger partial charge in [-0.2, -0.15) is 0 Å². The van der Waals surface area contributed by atoms with Crippen LogP contribution in [0, 0.1) is 6.92 Å². The first-order valence-electron chi connectivity index (χ1n) is 5.11. The van der Waals surface area contributed by atoms with Crippen molar-refractivity contribution in [2.24, 2.45) is 0 Å². The van der Waals surface area contributed by atoms with E-state index in [0.717, 1.165) is 5.69 Å². The van der Waals surface area contributed by atoms with Crippen molar-refractivity contribution >= 4 is 28.8 Å². The van der Waals surface area contributed by atoms with Crippen LogP contribution < -0.4 is 0 Å². The molecule has 1 atom stereocenters. The summed E-state index contributed by atoms with van der Waals surface area (Å²) in [5.41, 5.74) is 0.903. The highest BCUT2D eigenvalue weighted by molar-refractivity contribution is 7.10. The van der Waals surface area contributed by atoms with Gasteiger partial charge in [-0.05, 0) is 6.92 Å². The number of rotatable bonds is 2. The van der Waals surface area contributed by atoms with E-state index in [1.54, 1.807) is 4.90 Å². The van der Waals surface area contributed by atoms with Crippen LogP contribution in [-0.4, -0.2) is 42.1 Å². The quantitative estimate of drug-likeness (QED) is 0.759. The summed E-state index contributed by atoms with van der Waals surface area (Å²) in [6.07, 6.45) is 0. The molecule has 1 fully saturated rings. The van der Waals surface area contributed by atoms with Crippen molar-refractivity contribution in [3.8, 4) is 0 Å². The Morgan fingerprint density at radius 1 is 1.62 bits per heavy atom. The summed E-state index contributed by atoms with van der Waals surface area (Å²) in [5.74, 6) is -0.0701. The van der Waals surface area contributed by atoms with E-state index in [2.05, 4.69) is 4.98 Å². The fraction of sp³-hybridized carbons (Fsp3) is 0.600. The van der Waals surface area contributed by atoms with Gasteiger partial charge in [0, 0.05) is 24.2 Å². The van der Waals surface area contributed by atoms with Gasteiger partial charge in [-0.25, -0.2) is 4.98 Å². The summed E-state index contributed by atoms with van der Waals surface area (Å²) in [6.45, 7) is 4.31. The van der Waals surface area contributed by atoms with Gasteiger partial charge in [0.2, 0.25) is 5.91 Å². The minimum atomic E-state index is -0.656. The SMILES string of the molecule is Cc1csc(C(Cl)C(=O)N2CCOCC2)n1. The van der Waals surface area contributed by atoms with E-state index in [1.807, 2.05) is 12.3 Å². The molecule has 1 aliphatic heterocycles. The van der Waals surface area contributed by atoms with E-state index in [9.17, 15) is 4.79 Å². The molecular weight excluding hydrogens is 248 g/mol. The summed E-state index contributed by atoms with van der Waals surface area (Å²) in [5, 5.41) is 1.92. The number of thiazole rings is 1. The van der Waals surface area contributed by atoms with Gasteiger partial charge in [0.1, 0.15) is 5.01 Å². The standard InChI is InChI=1S/C10H13ClN2O2S/c1-7-6-16-9(12-7)8(11)10(14)13-2-4-15-5-3-13/h6,8H,2-5H2,1H3. The molecule has 16 heavy (non-hydrogen) atoms. The molecule has 2 rings (SSSR count). The van der Waals surface area contributed by atoms with Crippen molar-refractivity contribution in [2.45, 2.75) is 12.3 Å². The van der Waals surface area contributed by atoms with Crippen molar-refractivity contribution in [1.82, 2.24) is 9.88 Å². The summed E-state index contributed by atoms with van der Waals surface area (Å²) in [4.78, 5) is 18.0. The molecule has 6 heteroatoms. The normalized spacial score (nSPS) is 18.5. The van der Waals surface area contributed by atoms with E-state index in [4.69, 9.17) is 16.3 Å². The zero-order chi connectivity index (χ0) is 11.5. The molecular formula is C10H13ClN2O2S. The number of hydrogen-bond acceptors (Lipinski definition) is 4. The third-order valence-corrected chi connectivity index (χ3v) is 3.94. The van der Waals surface area contributed by atoms with Crippen LogP contribution in [0.2, 0.25) is 0 Å². The van der Waals surface area contributed by atoms with Gasteiger partial charge in [-0.1, -0.05) is 0 Å². The van der Waals surface area contributed by atoms with Crippen LogP contribution in [0.25, 0.3) is 0 Å². The molecule has 0 radical (unpaired) electrons. The molecule has 2 heterocycles. The lowest BCUT2D eigenvalue weighted by atomic mass is 10.3. The lowest BCUT2D eigenvalue weighted by Gasteiger charge is -2.28. The molecule has 1 aliphatic rings. The van der Waals surface area contributed by atoms with Gasteiger partial charge in [0.05, 0.1) is 13.2 Å². The third-order valence-electron chi connectivity index (χ3n) is 2.39. The summed E-state index contributed by atoms with van der Waals surface area (Å²) in [6, 6.07) is 0. The Hall–Kier alpha value is -0.650. The second-order valence-corrected chi connectivity index (χ2v) is 4.95. The molecule has 1 saturated heterocycles. The maximum atomic E-state index is 12.0. The molecule has 0 aliphatic carbocycles. The molecule has 88 valence electrons. The van der Waals surface area contributed by atoms with Crippen LogP contribution in [0.4, 0.5) is 0 Å². The first-order valence-corrected chi connectivity index (χ1v) is 6.42. The molecule has 0 spiro atoms. The number of halogens is 1. The number of amides is 1. The van der Waals surface area contributed by atoms with Crippen LogP contribution in [0.3, 0.4) is 0 Å². The minimum absolute atomic E-state index is 0.0701. The van der Waals surface area contributed by atoms with E-state index in [0.29, 0.717) is 31.3 Å². The molecule has 0 N–H and O–H groups in total. The van der Waals surface area contributed by atoms with Crippen molar-refractivity contribution in [3.05, 3.63) is 16.1 Å². The highest BCUT2D eigenvalue weighted by atomic mass is 35.5. The molecule has 4 nitrogen and oxygen atoms in total. The highest BCUT2D eigenvalue weighted by Crippen LogP contribution is 2.26. The van der Waals surface area contributed by atoms with E-state index >= 15 is 0 Å². The maximum absolute atomic E-state index is 12.0. The lowest BCUT2D eigenvalue weighted by Crippen LogP contribution is -2.42. The Kier molecular flexibility index (Phi) is 3.78. The molecule has 0 saturated carbocycles. The van der Waals surface area contributed by atoms with Crippen molar-refractivity contribution < 1.29 is 9.53 Å². The molecule has 1 aromatic rings. The first-order chi connectivity index (χ1) is 7.68. The van der Waals surface area contributed by atoms with Gasteiger partial charge in [-0.3, -0.25) is 4.79 Å². The number of ether oxygens (including phenoxy) is 1. The number of aryl methyl sites for hydroxylation is 1. The Labute approximate surface area is 103 Å². The fourth-order valence-electron chi connectivity index (χ4n) is 1.54. The molecule has 1 unspecified atom stereocenters. The smallest absolute Gasteiger partial charge is 0.247 e. The Morgan fingerprint density at radius 3 is 2.88 bits per heavy atom. The second-order valence-electron chi connectivity index (χ2n) is 3.63. The number of morpholine rings is 1. The predicted octanol–water partition coefficient (Wildman–Crippen LogP) is 1.59. The molecule has 1 aromatic heterocycles. The summed E-state index contributed by atoms with van der Waals surface area (Å²) >= 11 is 7.55. The Morgan fingerprint density at radius 2 is 2.31 bits per heavy atom. The van der Waals surface area contributed by atoms with Crippen LogP contribution >= 0.6 is 22.9 Å². The van der Waals surface area contributed by atoms with E-state index < -0.39 is 5.38 Å². The van der Waals surface area contributed by atoms with Crippen molar-refractivity contribution in [1.29, 1.82) is 0 Å². The second kappa shape index (κ2) is 5.12. The van der Waals surface area contributed by atoms with Gasteiger partial charge >= 0.3 is 0 Å². The average Bonchev–Trinajstić information content (AvgIpc) is 2.75. The van der Waals surface area contributed by atoms with Crippen LogP contribution in [0.1, 0.15) is 16.1 Å². The highest BCUT2D eigenvalue weighted by Gasteiger charge is 2.27. The number of hydrogen-bond donors (Lipinski definition) is 0. The molecule has 0 aromatic carbocycles. The minimum Gasteiger partial charge on any atom is -0.378 e. The lowest BCUT2D eigenvalue weighted by molar-refractivity contribution is -0.134. The number of aromatic nitrogens is 1. The van der Waals surface area contributed by atoms with Crippen LogP contribution in [0.15, 0.2) is 5.38 Å². The summed E-state index contributed by atoms with van der Waals surface area (Å²) < 4.78 is 5.19. The van der Waals surface area contributed by atoms with Gasteiger partial charge in [0.25, 0.3) is 0 Å². The Bertz CT molecular complexity index is 377. The topological polar surface area (TPSA) is 42.4 Å². The van der Waals surface area contributed by atoms with Gasteiger partial charge in [-0.15, -0.1) is 22.9 Å². The zero-order valence-electron chi connectivity index (χ0n) is 8.98. The van der Waals surface area contributed by atoms with Crippen LogP contribution in [0.5, 0.6) is 0 Å². The van der Waals surface area contributed by atoms with Crippen molar-refractivity contribution in [2.75, 3.05) is 26.3 Å². The number of carbonyl (C=O) groups is 1. The maximum Gasteiger partial charge on any atom is 0.247 e. The largest absolute Gasteiger partial charge is 0.378 e. The molecule has 1 amide bonds. The molecule has 0 bridgehead atoms. The average molecular weight is 261 g/mol. The van der Waals surface area contributed by atoms with Gasteiger partial charge in [0.15, 0.2) is 5.38 Å². The van der Waals surface area contributed by atoms with E-state index in [-0.39, 0.29) is 5.91 Å². The van der Waals surface area contributed by atoms with Crippen molar-refractivity contribution in [3.63, 3.8) is 0 Å². The van der Waals surface area contributed by atoms with E-state index in [1.165, 1.54) is 11.3 Å². The number of carbonyl (C=O) groups excluding carboxylic acids is 1. The Balaban J connectivity index is 2.03.